The molecule has 14 heavy (non-hydrogen) atoms. The van der Waals surface area contributed by atoms with Gasteiger partial charge in [0.05, 0.1) is 6.10 Å². The van der Waals surface area contributed by atoms with Gasteiger partial charge in [-0.15, -0.1) is 11.3 Å². The van der Waals surface area contributed by atoms with Crippen molar-refractivity contribution in [3.8, 4) is 0 Å². The number of hydrogen-bond donors (Lipinski definition) is 1. The van der Waals surface area contributed by atoms with Gasteiger partial charge in [0.2, 0.25) is 0 Å². The van der Waals surface area contributed by atoms with Gasteiger partial charge in [0.1, 0.15) is 0 Å². The summed E-state index contributed by atoms with van der Waals surface area (Å²) in [4.78, 5) is 1.31. The Labute approximate surface area is 88.8 Å². The molecule has 3 atom stereocenters. The maximum Gasteiger partial charge on any atom is 0.0831 e. The van der Waals surface area contributed by atoms with Crippen LogP contribution < -0.4 is 0 Å². The summed E-state index contributed by atoms with van der Waals surface area (Å²) in [5, 5.41) is 12.3. The molecule has 1 aromatic heterocycles. The van der Waals surface area contributed by atoms with Crippen molar-refractivity contribution in [1.82, 2.24) is 0 Å². The molecule has 3 rings (SSSR count). The first kappa shape index (κ1) is 8.93. The second-order valence-corrected chi connectivity index (χ2v) is 5.89. The SMILES string of the molecule is Cc1cc(C(O)C2C3CCCC32)cs1. The van der Waals surface area contributed by atoms with Gasteiger partial charge in [0, 0.05) is 4.88 Å². The summed E-state index contributed by atoms with van der Waals surface area (Å²) in [5.41, 5.74) is 1.16. The Kier molecular flexibility index (Phi) is 1.96. The zero-order chi connectivity index (χ0) is 9.71. The van der Waals surface area contributed by atoms with E-state index < -0.39 is 0 Å². The molecular weight excluding hydrogens is 192 g/mol. The lowest BCUT2D eigenvalue weighted by molar-refractivity contribution is 0.137. The number of aliphatic hydroxyl groups is 1. The molecule has 2 aliphatic rings. The van der Waals surface area contributed by atoms with Crippen molar-refractivity contribution >= 4 is 11.3 Å². The van der Waals surface area contributed by atoms with Crippen LogP contribution in [0, 0.1) is 24.7 Å². The molecule has 76 valence electrons. The highest BCUT2D eigenvalue weighted by atomic mass is 32.1. The minimum atomic E-state index is -0.171. The molecule has 0 aliphatic heterocycles. The van der Waals surface area contributed by atoms with Gasteiger partial charge in [-0.2, -0.15) is 0 Å². The highest BCUT2D eigenvalue weighted by Crippen LogP contribution is 2.62. The molecule has 2 aliphatic carbocycles. The molecule has 0 spiro atoms. The lowest BCUT2D eigenvalue weighted by Crippen LogP contribution is -2.02. The van der Waals surface area contributed by atoms with Crippen LogP contribution in [0.25, 0.3) is 0 Å². The predicted octanol–water partition coefficient (Wildman–Crippen LogP) is 3.14. The molecular formula is C12H16OS. The van der Waals surface area contributed by atoms with Crippen molar-refractivity contribution in [3.63, 3.8) is 0 Å². The van der Waals surface area contributed by atoms with Crippen molar-refractivity contribution in [1.29, 1.82) is 0 Å². The molecule has 0 radical (unpaired) electrons. The average molecular weight is 208 g/mol. The highest BCUT2D eigenvalue weighted by molar-refractivity contribution is 7.10. The molecule has 2 saturated carbocycles. The van der Waals surface area contributed by atoms with Crippen LogP contribution in [-0.4, -0.2) is 5.11 Å². The van der Waals surface area contributed by atoms with E-state index in [9.17, 15) is 5.11 Å². The number of rotatable bonds is 2. The van der Waals surface area contributed by atoms with E-state index in [1.165, 1.54) is 24.1 Å². The van der Waals surface area contributed by atoms with Crippen molar-refractivity contribution in [2.45, 2.75) is 32.3 Å². The maximum atomic E-state index is 10.2. The van der Waals surface area contributed by atoms with E-state index in [1.54, 1.807) is 11.3 Å². The van der Waals surface area contributed by atoms with Gasteiger partial charge in [-0.25, -0.2) is 0 Å². The standard InChI is InChI=1S/C12H16OS/c1-7-5-8(6-14-7)12(13)11-9-3-2-4-10(9)11/h5-6,9-13H,2-4H2,1H3. The number of fused-ring (bicyclic) bond motifs is 1. The zero-order valence-corrected chi connectivity index (χ0v) is 9.26. The van der Waals surface area contributed by atoms with E-state index in [4.69, 9.17) is 0 Å². The smallest absolute Gasteiger partial charge is 0.0831 e. The Bertz CT molecular complexity index is 334. The minimum Gasteiger partial charge on any atom is -0.388 e. The number of aryl methyl sites for hydroxylation is 1. The Hall–Kier alpha value is -0.340. The maximum absolute atomic E-state index is 10.2. The summed E-state index contributed by atoms with van der Waals surface area (Å²) in [6, 6.07) is 2.14. The molecule has 1 N–H and O–H groups in total. The fourth-order valence-corrected chi connectivity index (χ4v) is 3.92. The van der Waals surface area contributed by atoms with Crippen LogP contribution in [-0.2, 0) is 0 Å². The van der Waals surface area contributed by atoms with Crippen LogP contribution in [0.1, 0.15) is 35.8 Å². The van der Waals surface area contributed by atoms with E-state index in [-0.39, 0.29) is 6.10 Å². The third-order valence-corrected chi connectivity index (χ3v) is 4.81. The molecule has 1 heterocycles. The van der Waals surface area contributed by atoms with Crippen LogP contribution >= 0.6 is 11.3 Å². The van der Waals surface area contributed by atoms with Crippen molar-refractivity contribution in [2.24, 2.45) is 17.8 Å². The first-order valence-electron chi connectivity index (χ1n) is 5.50. The summed E-state index contributed by atoms with van der Waals surface area (Å²) < 4.78 is 0. The Morgan fingerprint density at radius 2 is 2.14 bits per heavy atom. The second-order valence-electron chi connectivity index (χ2n) is 4.77. The monoisotopic (exact) mass is 208 g/mol. The lowest BCUT2D eigenvalue weighted by atomic mass is 10.0. The first-order valence-corrected chi connectivity index (χ1v) is 6.38. The predicted molar refractivity (Wildman–Crippen MR) is 58.3 cm³/mol. The molecule has 0 bridgehead atoms. The van der Waals surface area contributed by atoms with Crippen LogP contribution in [0.3, 0.4) is 0 Å². The lowest BCUT2D eigenvalue weighted by Gasteiger charge is -2.10. The van der Waals surface area contributed by atoms with Gasteiger partial charge in [-0.1, -0.05) is 6.42 Å². The average Bonchev–Trinajstić information content (AvgIpc) is 2.56. The number of aliphatic hydroxyl groups excluding tert-OH is 1. The summed E-state index contributed by atoms with van der Waals surface area (Å²) in [5.74, 6) is 2.30. The van der Waals surface area contributed by atoms with E-state index in [1.807, 2.05) is 0 Å². The van der Waals surface area contributed by atoms with Gasteiger partial charge < -0.3 is 5.11 Å². The molecule has 2 fully saturated rings. The first-order chi connectivity index (χ1) is 6.77. The minimum absolute atomic E-state index is 0.171. The Balaban J connectivity index is 1.75. The number of hydrogen-bond acceptors (Lipinski definition) is 2. The van der Waals surface area contributed by atoms with Crippen LogP contribution in [0.2, 0.25) is 0 Å². The molecule has 2 heteroatoms. The third-order valence-electron chi connectivity index (χ3n) is 3.93. The third kappa shape index (κ3) is 1.24. The van der Waals surface area contributed by atoms with Gasteiger partial charge in [-0.05, 0) is 54.5 Å². The summed E-state index contributed by atoms with van der Waals surface area (Å²) >= 11 is 1.75. The molecule has 0 amide bonds. The van der Waals surface area contributed by atoms with Crippen molar-refractivity contribution in [2.75, 3.05) is 0 Å². The molecule has 1 nitrogen and oxygen atoms in total. The molecule has 0 aromatic carbocycles. The van der Waals surface area contributed by atoms with Crippen molar-refractivity contribution < 1.29 is 5.11 Å². The topological polar surface area (TPSA) is 20.2 Å². The van der Waals surface area contributed by atoms with Gasteiger partial charge >= 0.3 is 0 Å². The Morgan fingerprint density at radius 3 is 2.71 bits per heavy atom. The number of thiophene rings is 1. The normalized spacial score (nSPS) is 36.9. The fraction of sp³-hybridized carbons (Fsp3) is 0.667. The van der Waals surface area contributed by atoms with Gasteiger partial charge in [0.15, 0.2) is 0 Å². The summed E-state index contributed by atoms with van der Waals surface area (Å²) in [6.45, 7) is 2.11. The largest absolute Gasteiger partial charge is 0.388 e. The molecule has 0 saturated heterocycles. The van der Waals surface area contributed by atoms with Crippen LogP contribution in [0.15, 0.2) is 11.4 Å². The van der Waals surface area contributed by atoms with Crippen LogP contribution in [0.5, 0.6) is 0 Å². The zero-order valence-electron chi connectivity index (χ0n) is 8.44. The molecule has 1 aromatic rings. The van der Waals surface area contributed by atoms with E-state index in [0.717, 1.165) is 17.4 Å². The molecule has 3 unspecified atom stereocenters. The van der Waals surface area contributed by atoms with Crippen LogP contribution in [0.4, 0.5) is 0 Å². The van der Waals surface area contributed by atoms with E-state index >= 15 is 0 Å². The Morgan fingerprint density at radius 1 is 1.43 bits per heavy atom. The second kappa shape index (κ2) is 3.07. The van der Waals surface area contributed by atoms with Gasteiger partial charge in [0.25, 0.3) is 0 Å². The van der Waals surface area contributed by atoms with Crippen molar-refractivity contribution in [3.05, 3.63) is 21.9 Å². The highest BCUT2D eigenvalue weighted by Gasteiger charge is 2.55. The van der Waals surface area contributed by atoms with E-state index in [0.29, 0.717) is 5.92 Å². The van der Waals surface area contributed by atoms with Gasteiger partial charge in [-0.3, -0.25) is 0 Å². The summed E-state index contributed by atoms with van der Waals surface area (Å²) in [6.07, 6.45) is 3.93. The summed E-state index contributed by atoms with van der Waals surface area (Å²) in [7, 11) is 0. The quantitative estimate of drug-likeness (QED) is 0.791. The fourth-order valence-electron chi connectivity index (χ4n) is 3.19. The van der Waals surface area contributed by atoms with E-state index in [2.05, 4.69) is 18.4 Å².